The summed E-state index contributed by atoms with van der Waals surface area (Å²) in [5, 5.41) is 11.7. The van der Waals surface area contributed by atoms with Crippen molar-refractivity contribution in [3.05, 3.63) is 23.8 Å². The van der Waals surface area contributed by atoms with E-state index < -0.39 is 5.97 Å². The van der Waals surface area contributed by atoms with Gasteiger partial charge in [-0.15, -0.1) is 0 Å². The number of carboxylic acid groups (broad SMARTS) is 1. The first-order valence-electron chi connectivity index (χ1n) is 6.59. The van der Waals surface area contributed by atoms with Crippen LogP contribution >= 0.6 is 0 Å². The molecule has 1 heterocycles. The van der Waals surface area contributed by atoms with Crippen molar-refractivity contribution in [2.75, 3.05) is 32.2 Å². The molecule has 1 saturated heterocycles. The van der Waals surface area contributed by atoms with Gasteiger partial charge in [0.1, 0.15) is 5.75 Å². The number of carbonyl (C=O) groups excluding carboxylic acids is 1. The van der Waals surface area contributed by atoms with Crippen molar-refractivity contribution >= 4 is 17.7 Å². The largest absolute Gasteiger partial charge is 0.495 e. The molecular weight excluding hydrogens is 276 g/mol. The van der Waals surface area contributed by atoms with Gasteiger partial charge in [-0.1, -0.05) is 0 Å². The summed E-state index contributed by atoms with van der Waals surface area (Å²) in [6.07, 6.45) is 0. The number of aromatic carboxylic acids is 1. The van der Waals surface area contributed by atoms with Crippen LogP contribution < -0.4 is 10.1 Å². The van der Waals surface area contributed by atoms with Crippen molar-refractivity contribution in [3.8, 4) is 5.75 Å². The number of nitrogens with one attached hydrogen (secondary N) is 1. The van der Waals surface area contributed by atoms with Gasteiger partial charge >= 0.3 is 12.0 Å². The molecule has 1 atom stereocenters. The lowest BCUT2D eigenvalue weighted by Crippen LogP contribution is -2.48. The molecule has 21 heavy (non-hydrogen) atoms. The number of nitrogens with zero attached hydrogens (tertiary/aromatic N) is 1. The first kappa shape index (κ1) is 15.1. The normalized spacial score (nSPS) is 18.2. The SMILES string of the molecule is COc1ccc(C(=O)O)cc1NC(=O)N1CCOCC1C. The number of carbonyl (C=O) groups is 2. The Hall–Kier alpha value is -2.28. The van der Waals surface area contributed by atoms with Crippen LogP contribution in [0.25, 0.3) is 0 Å². The van der Waals surface area contributed by atoms with Crippen LogP contribution in [0.3, 0.4) is 0 Å². The van der Waals surface area contributed by atoms with Crippen molar-refractivity contribution in [2.24, 2.45) is 0 Å². The number of carboxylic acids is 1. The number of benzene rings is 1. The molecule has 0 bridgehead atoms. The van der Waals surface area contributed by atoms with E-state index in [9.17, 15) is 9.59 Å². The molecule has 2 N–H and O–H groups in total. The quantitative estimate of drug-likeness (QED) is 0.885. The van der Waals surface area contributed by atoms with E-state index in [1.165, 1.54) is 25.3 Å². The third kappa shape index (κ3) is 3.43. The van der Waals surface area contributed by atoms with Gasteiger partial charge < -0.3 is 24.8 Å². The van der Waals surface area contributed by atoms with Crippen LogP contribution in [-0.4, -0.2) is 54.9 Å². The molecule has 0 aliphatic carbocycles. The molecule has 1 aliphatic heterocycles. The average Bonchev–Trinajstić information content (AvgIpc) is 2.47. The van der Waals surface area contributed by atoms with E-state index in [2.05, 4.69) is 5.32 Å². The Morgan fingerprint density at radius 1 is 1.48 bits per heavy atom. The van der Waals surface area contributed by atoms with Gasteiger partial charge in [-0.05, 0) is 25.1 Å². The van der Waals surface area contributed by atoms with E-state index in [-0.39, 0.29) is 17.6 Å². The third-order valence-corrected chi connectivity index (χ3v) is 3.32. The Morgan fingerprint density at radius 2 is 2.24 bits per heavy atom. The summed E-state index contributed by atoms with van der Waals surface area (Å²) in [5.41, 5.74) is 0.419. The number of methoxy groups -OCH3 is 1. The fourth-order valence-corrected chi connectivity index (χ4v) is 2.15. The van der Waals surface area contributed by atoms with Gasteiger partial charge in [0.15, 0.2) is 0 Å². The minimum Gasteiger partial charge on any atom is -0.495 e. The van der Waals surface area contributed by atoms with Crippen LogP contribution in [0.2, 0.25) is 0 Å². The number of rotatable bonds is 3. The van der Waals surface area contributed by atoms with Crippen LogP contribution in [-0.2, 0) is 4.74 Å². The fraction of sp³-hybridized carbons (Fsp3) is 0.429. The second-order valence-electron chi connectivity index (χ2n) is 4.77. The Balaban J connectivity index is 2.19. The second-order valence-corrected chi connectivity index (χ2v) is 4.77. The molecule has 0 aromatic heterocycles. The number of ether oxygens (including phenoxy) is 2. The highest BCUT2D eigenvalue weighted by atomic mass is 16.5. The van der Waals surface area contributed by atoms with E-state index in [0.29, 0.717) is 31.2 Å². The maximum atomic E-state index is 12.3. The third-order valence-electron chi connectivity index (χ3n) is 3.32. The van der Waals surface area contributed by atoms with Crippen molar-refractivity contribution in [3.63, 3.8) is 0 Å². The summed E-state index contributed by atoms with van der Waals surface area (Å²) in [4.78, 5) is 24.9. The Labute approximate surface area is 122 Å². The standard InChI is InChI=1S/C14H18N2O5/c1-9-8-21-6-5-16(9)14(19)15-11-7-10(13(17)18)3-4-12(11)20-2/h3-4,7,9H,5-6,8H2,1-2H3,(H,15,19)(H,17,18). The minimum atomic E-state index is -1.06. The van der Waals surface area contributed by atoms with Crippen molar-refractivity contribution in [1.82, 2.24) is 4.90 Å². The van der Waals surface area contributed by atoms with Gasteiger partial charge in [-0.3, -0.25) is 0 Å². The zero-order valence-electron chi connectivity index (χ0n) is 12.0. The zero-order chi connectivity index (χ0) is 15.4. The molecule has 0 spiro atoms. The van der Waals surface area contributed by atoms with Crippen LogP contribution in [0.4, 0.5) is 10.5 Å². The molecule has 2 rings (SSSR count). The van der Waals surface area contributed by atoms with Gasteiger partial charge in [0.2, 0.25) is 0 Å². The minimum absolute atomic E-state index is 0.0348. The van der Waals surface area contributed by atoms with Crippen molar-refractivity contribution < 1.29 is 24.2 Å². The average molecular weight is 294 g/mol. The summed E-state index contributed by atoms with van der Waals surface area (Å²) in [6.45, 7) is 3.36. The summed E-state index contributed by atoms with van der Waals surface area (Å²) < 4.78 is 10.4. The predicted molar refractivity (Wildman–Crippen MR) is 76.0 cm³/mol. The molecule has 1 aromatic carbocycles. The van der Waals surface area contributed by atoms with Crippen LogP contribution in [0.15, 0.2) is 18.2 Å². The lowest BCUT2D eigenvalue weighted by Gasteiger charge is -2.33. The maximum absolute atomic E-state index is 12.3. The number of anilines is 1. The molecule has 1 aromatic rings. The Morgan fingerprint density at radius 3 is 2.86 bits per heavy atom. The Bertz CT molecular complexity index is 546. The van der Waals surface area contributed by atoms with Crippen LogP contribution in [0.5, 0.6) is 5.75 Å². The first-order chi connectivity index (χ1) is 10.0. The molecule has 2 amide bonds. The molecule has 1 fully saturated rings. The molecule has 114 valence electrons. The smallest absolute Gasteiger partial charge is 0.335 e. The van der Waals surface area contributed by atoms with Crippen molar-refractivity contribution in [1.29, 1.82) is 0 Å². The zero-order valence-corrected chi connectivity index (χ0v) is 12.0. The van der Waals surface area contributed by atoms with Gasteiger partial charge in [-0.25, -0.2) is 9.59 Å². The maximum Gasteiger partial charge on any atom is 0.335 e. The number of morpholine rings is 1. The molecule has 0 saturated carbocycles. The van der Waals surface area contributed by atoms with E-state index >= 15 is 0 Å². The second kappa shape index (κ2) is 6.45. The number of hydrogen-bond donors (Lipinski definition) is 2. The molecular formula is C14H18N2O5. The van der Waals surface area contributed by atoms with E-state index in [4.69, 9.17) is 14.6 Å². The summed E-state index contributed by atoms with van der Waals surface area (Å²) in [5.74, 6) is -0.651. The predicted octanol–water partition coefficient (Wildman–Crippen LogP) is 1.65. The molecule has 1 aliphatic rings. The van der Waals surface area contributed by atoms with Gasteiger partial charge in [-0.2, -0.15) is 0 Å². The van der Waals surface area contributed by atoms with Crippen LogP contribution in [0.1, 0.15) is 17.3 Å². The van der Waals surface area contributed by atoms with E-state index in [1.807, 2.05) is 6.92 Å². The Kier molecular flexibility index (Phi) is 4.64. The monoisotopic (exact) mass is 294 g/mol. The molecule has 0 radical (unpaired) electrons. The summed E-state index contributed by atoms with van der Waals surface area (Å²) in [6, 6.07) is 3.99. The number of amides is 2. The lowest BCUT2D eigenvalue weighted by molar-refractivity contribution is 0.0221. The van der Waals surface area contributed by atoms with Gasteiger partial charge in [0.25, 0.3) is 0 Å². The molecule has 7 heteroatoms. The lowest BCUT2D eigenvalue weighted by atomic mass is 10.2. The van der Waals surface area contributed by atoms with Gasteiger partial charge in [0, 0.05) is 6.54 Å². The first-order valence-corrected chi connectivity index (χ1v) is 6.59. The summed E-state index contributed by atoms with van der Waals surface area (Å²) in [7, 11) is 1.46. The topological polar surface area (TPSA) is 88.1 Å². The summed E-state index contributed by atoms with van der Waals surface area (Å²) >= 11 is 0. The highest BCUT2D eigenvalue weighted by Crippen LogP contribution is 2.26. The molecule has 7 nitrogen and oxygen atoms in total. The van der Waals surface area contributed by atoms with E-state index in [0.717, 1.165) is 0 Å². The van der Waals surface area contributed by atoms with E-state index in [1.54, 1.807) is 4.90 Å². The highest BCUT2D eigenvalue weighted by molar-refractivity contribution is 5.95. The van der Waals surface area contributed by atoms with Gasteiger partial charge in [0.05, 0.1) is 37.6 Å². The highest BCUT2D eigenvalue weighted by Gasteiger charge is 2.24. The molecule has 1 unspecified atom stereocenters. The van der Waals surface area contributed by atoms with Crippen LogP contribution in [0, 0.1) is 0 Å². The number of hydrogen-bond acceptors (Lipinski definition) is 4. The van der Waals surface area contributed by atoms with Crippen molar-refractivity contribution in [2.45, 2.75) is 13.0 Å². The number of urea groups is 1. The fourth-order valence-electron chi connectivity index (χ4n) is 2.15.